The van der Waals surface area contributed by atoms with Crippen LogP contribution in [0.1, 0.15) is 48.1 Å². The number of piperidine rings is 1. The van der Waals surface area contributed by atoms with E-state index >= 15 is 0 Å². The van der Waals surface area contributed by atoms with E-state index in [2.05, 4.69) is 26.3 Å². The Bertz CT molecular complexity index is 857. The van der Waals surface area contributed by atoms with Crippen molar-refractivity contribution in [1.29, 1.82) is 5.26 Å². The van der Waals surface area contributed by atoms with E-state index in [0.29, 0.717) is 18.1 Å². The molecular formula is C20H23N5OS. The normalized spacial score (nSPS) is 19.7. The van der Waals surface area contributed by atoms with Crippen LogP contribution in [0.5, 0.6) is 0 Å². The first kappa shape index (κ1) is 17.9. The van der Waals surface area contributed by atoms with Gasteiger partial charge >= 0.3 is 0 Å². The Morgan fingerprint density at radius 1 is 1.22 bits per heavy atom. The lowest BCUT2D eigenvalue weighted by Crippen LogP contribution is -2.41. The summed E-state index contributed by atoms with van der Waals surface area (Å²) >= 11 is 1.60. The summed E-state index contributed by atoms with van der Waals surface area (Å²) in [6.45, 7) is 1.48. The van der Waals surface area contributed by atoms with Crippen molar-refractivity contribution in [2.75, 3.05) is 23.3 Å². The Labute approximate surface area is 163 Å². The summed E-state index contributed by atoms with van der Waals surface area (Å²) in [6.07, 6.45) is 10.7. The van der Waals surface area contributed by atoms with E-state index in [1.165, 1.54) is 23.3 Å². The number of thiophene rings is 1. The number of nitrogens with zero attached hydrogens (tertiary/aromatic N) is 4. The van der Waals surface area contributed by atoms with E-state index in [1.54, 1.807) is 29.8 Å². The molecule has 1 N–H and O–H groups in total. The van der Waals surface area contributed by atoms with Crippen LogP contribution >= 0.6 is 11.3 Å². The van der Waals surface area contributed by atoms with Gasteiger partial charge in [-0.1, -0.05) is 6.42 Å². The number of carbonyl (C=O) groups excluding carboxylic acids is 1. The number of aromatic nitrogens is 2. The zero-order chi connectivity index (χ0) is 18.6. The van der Waals surface area contributed by atoms with Crippen molar-refractivity contribution in [3.63, 3.8) is 0 Å². The second-order valence-corrected chi connectivity index (χ2v) is 8.31. The summed E-state index contributed by atoms with van der Waals surface area (Å²) in [5.74, 6) is 0.565. The largest absolute Gasteiger partial charge is 0.340 e. The molecule has 0 spiro atoms. The van der Waals surface area contributed by atoms with Crippen LogP contribution in [0.15, 0.2) is 18.5 Å². The number of amides is 1. The van der Waals surface area contributed by atoms with Crippen LogP contribution in [0.2, 0.25) is 0 Å². The summed E-state index contributed by atoms with van der Waals surface area (Å²) < 4.78 is 0. The second kappa shape index (κ2) is 8.05. The minimum atomic E-state index is -0.115. The predicted molar refractivity (Wildman–Crippen MR) is 106 cm³/mol. The van der Waals surface area contributed by atoms with Crippen LogP contribution in [-0.2, 0) is 17.6 Å². The molecule has 6 nitrogen and oxygen atoms in total. The topological polar surface area (TPSA) is 81.9 Å². The average molecular weight is 382 g/mol. The smallest absolute Gasteiger partial charge is 0.229 e. The standard InChI is InChI=1S/C20H23N5OS/c21-12-16-15-7-2-1-3-8-17(15)27-19(16)24-18(26)14-6-4-11-25(13-14)20-22-9-5-10-23-20/h5,9-10,14H,1-4,6-8,11,13H2,(H,24,26)/t14-/m1/s1. The van der Waals surface area contributed by atoms with Crippen molar-refractivity contribution in [2.45, 2.75) is 44.9 Å². The first-order valence-corrected chi connectivity index (χ1v) is 10.5. The predicted octanol–water partition coefficient (Wildman–Crippen LogP) is 3.53. The molecule has 1 aliphatic heterocycles. The summed E-state index contributed by atoms with van der Waals surface area (Å²) in [5.41, 5.74) is 1.85. The Morgan fingerprint density at radius 2 is 2.04 bits per heavy atom. The molecule has 2 aromatic rings. The number of nitriles is 1. The minimum Gasteiger partial charge on any atom is -0.340 e. The molecule has 2 aromatic heterocycles. The Kier molecular flexibility index (Phi) is 5.35. The van der Waals surface area contributed by atoms with E-state index < -0.39 is 0 Å². The molecule has 1 amide bonds. The minimum absolute atomic E-state index is 0.00328. The summed E-state index contributed by atoms with van der Waals surface area (Å²) in [5, 5.41) is 13.5. The van der Waals surface area contributed by atoms with E-state index in [1.807, 2.05) is 0 Å². The number of hydrogen-bond acceptors (Lipinski definition) is 6. The third-order valence-corrected chi connectivity index (χ3v) is 6.60. The molecule has 3 heterocycles. The molecule has 27 heavy (non-hydrogen) atoms. The molecule has 0 aromatic carbocycles. The molecule has 4 rings (SSSR count). The Balaban J connectivity index is 1.48. The third-order valence-electron chi connectivity index (χ3n) is 5.40. The number of hydrogen-bond donors (Lipinski definition) is 1. The Hall–Kier alpha value is -2.46. The second-order valence-electron chi connectivity index (χ2n) is 7.20. The number of carbonyl (C=O) groups is 1. The fourth-order valence-electron chi connectivity index (χ4n) is 3.99. The SMILES string of the molecule is N#Cc1c(NC(=O)[C@@H]2CCCN(c3ncccn3)C2)sc2c1CCCCC2. The highest BCUT2D eigenvalue weighted by Gasteiger charge is 2.29. The molecule has 1 saturated heterocycles. The quantitative estimate of drug-likeness (QED) is 0.823. The van der Waals surface area contributed by atoms with E-state index in [-0.39, 0.29) is 11.8 Å². The lowest BCUT2D eigenvalue weighted by atomic mass is 9.97. The lowest BCUT2D eigenvalue weighted by molar-refractivity contribution is -0.120. The van der Waals surface area contributed by atoms with E-state index in [9.17, 15) is 10.1 Å². The molecule has 0 unspecified atom stereocenters. The van der Waals surface area contributed by atoms with Gasteiger partial charge in [-0.15, -0.1) is 11.3 Å². The van der Waals surface area contributed by atoms with Crippen molar-refractivity contribution in [1.82, 2.24) is 9.97 Å². The first-order chi connectivity index (χ1) is 13.3. The van der Waals surface area contributed by atoms with Gasteiger partial charge in [-0.05, 0) is 50.2 Å². The van der Waals surface area contributed by atoms with E-state index in [0.717, 1.165) is 43.6 Å². The molecule has 0 bridgehead atoms. The molecular weight excluding hydrogens is 358 g/mol. The van der Waals surface area contributed by atoms with Crippen molar-refractivity contribution >= 4 is 28.2 Å². The summed E-state index contributed by atoms with van der Waals surface area (Å²) in [6, 6.07) is 4.13. The summed E-state index contributed by atoms with van der Waals surface area (Å²) in [4.78, 5) is 24.9. The molecule has 2 aliphatic rings. The van der Waals surface area contributed by atoms with E-state index in [4.69, 9.17) is 0 Å². The van der Waals surface area contributed by atoms with Crippen LogP contribution in [0, 0.1) is 17.2 Å². The van der Waals surface area contributed by atoms with Gasteiger partial charge in [0.25, 0.3) is 0 Å². The maximum atomic E-state index is 12.9. The molecule has 7 heteroatoms. The van der Waals surface area contributed by atoms with Gasteiger partial charge in [-0.2, -0.15) is 5.26 Å². The summed E-state index contributed by atoms with van der Waals surface area (Å²) in [7, 11) is 0. The zero-order valence-corrected chi connectivity index (χ0v) is 16.1. The van der Waals surface area contributed by atoms with Gasteiger partial charge in [0.1, 0.15) is 11.1 Å². The van der Waals surface area contributed by atoms with Crippen molar-refractivity contribution in [3.05, 3.63) is 34.5 Å². The van der Waals surface area contributed by atoms with Gasteiger partial charge in [-0.25, -0.2) is 9.97 Å². The van der Waals surface area contributed by atoms with Gasteiger partial charge in [0, 0.05) is 30.4 Å². The fourth-order valence-corrected chi connectivity index (χ4v) is 5.23. The van der Waals surface area contributed by atoms with Gasteiger partial charge in [0.15, 0.2) is 0 Å². The van der Waals surface area contributed by atoms with Crippen molar-refractivity contribution in [3.8, 4) is 6.07 Å². The molecule has 0 saturated carbocycles. The van der Waals surface area contributed by atoms with Crippen LogP contribution in [0.4, 0.5) is 10.9 Å². The van der Waals surface area contributed by atoms with Gasteiger partial charge in [-0.3, -0.25) is 4.79 Å². The number of anilines is 2. The molecule has 1 aliphatic carbocycles. The monoisotopic (exact) mass is 381 g/mol. The molecule has 1 fully saturated rings. The van der Waals surface area contributed by atoms with Gasteiger partial charge in [0.2, 0.25) is 11.9 Å². The zero-order valence-electron chi connectivity index (χ0n) is 15.3. The first-order valence-electron chi connectivity index (χ1n) is 9.63. The molecule has 0 radical (unpaired) electrons. The average Bonchev–Trinajstić information content (AvgIpc) is 2.87. The molecule has 140 valence electrons. The number of fused-ring (bicyclic) bond motifs is 1. The van der Waals surface area contributed by atoms with Crippen LogP contribution in [0.25, 0.3) is 0 Å². The number of rotatable bonds is 3. The van der Waals surface area contributed by atoms with Crippen LogP contribution in [-0.4, -0.2) is 29.0 Å². The molecule has 1 atom stereocenters. The lowest BCUT2D eigenvalue weighted by Gasteiger charge is -2.31. The number of nitrogens with one attached hydrogen (secondary N) is 1. The number of aryl methyl sites for hydroxylation is 1. The maximum Gasteiger partial charge on any atom is 0.229 e. The van der Waals surface area contributed by atoms with Gasteiger partial charge < -0.3 is 10.2 Å². The van der Waals surface area contributed by atoms with Crippen LogP contribution in [0.3, 0.4) is 0 Å². The Morgan fingerprint density at radius 3 is 2.85 bits per heavy atom. The highest BCUT2D eigenvalue weighted by atomic mass is 32.1. The van der Waals surface area contributed by atoms with Gasteiger partial charge in [0.05, 0.1) is 11.5 Å². The maximum absolute atomic E-state index is 12.9. The van der Waals surface area contributed by atoms with Crippen LogP contribution < -0.4 is 10.2 Å². The fraction of sp³-hybridized carbons (Fsp3) is 0.500. The highest BCUT2D eigenvalue weighted by Crippen LogP contribution is 2.37. The van der Waals surface area contributed by atoms with Crippen molar-refractivity contribution < 1.29 is 4.79 Å². The highest BCUT2D eigenvalue weighted by molar-refractivity contribution is 7.16. The third kappa shape index (κ3) is 3.81. The van der Waals surface area contributed by atoms with Crippen molar-refractivity contribution in [2.24, 2.45) is 5.92 Å².